The van der Waals surface area contributed by atoms with E-state index in [4.69, 9.17) is 0 Å². The second-order valence-corrected chi connectivity index (χ2v) is 9.64. The van der Waals surface area contributed by atoms with Gasteiger partial charge in [-0.3, -0.25) is 14.5 Å². The minimum Gasteiger partial charge on any atom is -0.326 e. The van der Waals surface area contributed by atoms with Gasteiger partial charge in [0.25, 0.3) is 10.0 Å². The van der Waals surface area contributed by atoms with Crippen LogP contribution in [0.4, 0.5) is 5.69 Å². The highest BCUT2D eigenvalue weighted by atomic mass is 32.2. The lowest BCUT2D eigenvalue weighted by molar-refractivity contribution is -0.115. The van der Waals surface area contributed by atoms with Crippen molar-refractivity contribution in [2.45, 2.75) is 56.3 Å². The van der Waals surface area contributed by atoms with Gasteiger partial charge in [0.15, 0.2) is 0 Å². The van der Waals surface area contributed by atoms with Crippen molar-refractivity contribution in [3.05, 3.63) is 59.2 Å². The number of carbonyl (C=O) groups is 1. The Morgan fingerprint density at radius 3 is 2.70 bits per heavy atom. The zero-order chi connectivity index (χ0) is 21.0. The number of hydrogen-bond donors (Lipinski definition) is 2. The lowest BCUT2D eigenvalue weighted by Gasteiger charge is -2.11. The van der Waals surface area contributed by atoms with E-state index < -0.39 is 10.0 Å². The molecular formula is C23H27N3O3S. The molecule has 4 rings (SSSR count). The topological polar surface area (TPSA) is 87.6 Å². The fourth-order valence-electron chi connectivity index (χ4n) is 4.04. The van der Waals surface area contributed by atoms with Gasteiger partial charge in [-0.25, -0.2) is 8.42 Å². The van der Waals surface area contributed by atoms with Gasteiger partial charge in [0, 0.05) is 18.7 Å². The molecule has 0 aromatic heterocycles. The summed E-state index contributed by atoms with van der Waals surface area (Å²) in [4.78, 5) is 17.0. The number of amidine groups is 1. The number of nitrogens with zero attached hydrogens (tertiary/aromatic N) is 1. The molecule has 0 spiro atoms. The Labute approximate surface area is 177 Å². The third-order valence-corrected chi connectivity index (χ3v) is 6.96. The molecule has 0 fully saturated rings. The molecule has 0 saturated heterocycles. The Balaban J connectivity index is 1.42. The van der Waals surface area contributed by atoms with Crippen LogP contribution in [-0.4, -0.2) is 26.7 Å². The number of rotatable bonds is 5. The minimum absolute atomic E-state index is 0.116. The smallest absolute Gasteiger partial charge is 0.262 e. The van der Waals surface area contributed by atoms with Crippen LogP contribution in [0.5, 0.6) is 0 Å². The molecule has 158 valence electrons. The minimum atomic E-state index is -3.73. The highest BCUT2D eigenvalue weighted by Gasteiger charge is 2.18. The van der Waals surface area contributed by atoms with Crippen LogP contribution in [0, 0.1) is 0 Å². The molecule has 7 heteroatoms. The molecule has 2 aromatic rings. The molecular weight excluding hydrogens is 398 g/mol. The molecule has 1 aliphatic heterocycles. The maximum atomic E-state index is 12.7. The highest BCUT2D eigenvalue weighted by molar-refractivity contribution is 7.90. The monoisotopic (exact) mass is 425 g/mol. The summed E-state index contributed by atoms with van der Waals surface area (Å²) >= 11 is 0. The molecule has 30 heavy (non-hydrogen) atoms. The Morgan fingerprint density at radius 2 is 1.80 bits per heavy atom. The normalized spacial score (nSPS) is 16.3. The third kappa shape index (κ3) is 5.08. The van der Waals surface area contributed by atoms with Gasteiger partial charge in [-0.1, -0.05) is 30.7 Å². The van der Waals surface area contributed by atoms with Gasteiger partial charge in [0.2, 0.25) is 5.91 Å². The van der Waals surface area contributed by atoms with Gasteiger partial charge in [0.1, 0.15) is 5.84 Å². The molecule has 0 unspecified atom stereocenters. The van der Waals surface area contributed by atoms with Crippen LogP contribution < -0.4 is 10.0 Å². The molecule has 6 nitrogen and oxygen atoms in total. The fraction of sp³-hybridized carbons (Fsp3) is 0.391. The summed E-state index contributed by atoms with van der Waals surface area (Å²) in [6.07, 6.45) is 7.23. The van der Waals surface area contributed by atoms with Gasteiger partial charge >= 0.3 is 0 Å². The first kappa shape index (κ1) is 20.6. The summed E-state index contributed by atoms with van der Waals surface area (Å²) in [5.74, 6) is 0.349. The highest BCUT2D eigenvalue weighted by Crippen LogP contribution is 2.23. The largest absolute Gasteiger partial charge is 0.326 e. The predicted octanol–water partition coefficient (Wildman–Crippen LogP) is 3.61. The standard InChI is InChI=1S/C23H27N3O3S/c27-23(15-17-11-12-18-6-4-7-19(18)14-17)25-20-8-5-9-21(16-20)30(28,29)26-22-10-2-1-3-13-24-22/h5,8-9,11-12,14,16H,1-4,6-7,10,13,15H2,(H,24,26)(H,25,27). The molecule has 1 heterocycles. The first-order valence-corrected chi connectivity index (χ1v) is 12.0. The molecule has 0 atom stereocenters. The number of amides is 1. The van der Waals surface area contributed by atoms with E-state index in [0.717, 1.165) is 37.7 Å². The van der Waals surface area contributed by atoms with Crippen LogP contribution >= 0.6 is 0 Å². The number of hydrogen-bond acceptors (Lipinski definition) is 4. The summed E-state index contributed by atoms with van der Waals surface area (Å²) < 4.78 is 28.1. The van der Waals surface area contributed by atoms with Crippen LogP contribution in [0.3, 0.4) is 0 Å². The molecule has 2 aliphatic rings. The second-order valence-electron chi connectivity index (χ2n) is 7.95. The van der Waals surface area contributed by atoms with Crippen molar-refractivity contribution in [1.82, 2.24) is 4.72 Å². The second kappa shape index (κ2) is 9.00. The van der Waals surface area contributed by atoms with Crippen molar-refractivity contribution >= 4 is 27.5 Å². The van der Waals surface area contributed by atoms with Crippen LogP contribution in [0.25, 0.3) is 0 Å². The molecule has 1 aliphatic carbocycles. The zero-order valence-electron chi connectivity index (χ0n) is 17.0. The Bertz CT molecular complexity index is 1080. The van der Waals surface area contributed by atoms with Crippen molar-refractivity contribution in [1.29, 1.82) is 0 Å². The first-order chi connectivity index (χ1) is 14.5. The number of fused-ring (bicyclic) bond motifs is 1. The average Bonchev–Trinajstić information content (AvgIpc) is 3.03. The fourth-order valence-corrected chi connectivity index (χ4v) is 5.17. The number of benzene rings is 2. The third-order valence-electron chi connectivity index (χ3n) is 5.58. The Morgan fingerprint density at radius 1 is 0.933 bits per heavy atom. The number of anilines is 1. The molecule has 2 aromatic carbocycles. The average molecular weight is 426 g/mol. The van der Waals surface area contributed by atoms with E-state index in [2.05, 4.69) is 27.2 Å². The summed E-state index contributed by atoms with van der Waals surface area (Å²) in [5, 5.41) is 2.82. The summed E-state index contributed by atoms with van der Waals surface area (Å²) in [6.45, 7) is 0.649. The van der Waals surface area contributed by atoms with Crippen LogP contribution in [0.2, 0.25) is 0 Å². The number of carbonyl (C=O) groups excluding carboxylic acids is 1. The SMILES string of the molecule is O=C(Cc1ccc2c(c1)CCC2)Nc1cccc(S(=O)(=O)NC2=NCCCCC2)c1. The summed E-state index contributed by atoms with van der Waals surface area (Å²) in [5.41, 5.74) is 4.15. The molecule has 1 amide bonds. The van der Waals surface area contributed by atoms with Gasteiger partial charge in [0.05, 0.1) is 11.3 Å². The Hall–Kier alpha value is -2.67. The van der Waals surface area contributed by atoms with E-state index in [-0.39, 0.29) is 17.2 Å². The van der Waals surface area contributed by atoms with Crippen molar-refractivity contribution in [2.24, 2.45) is 4.99 Å². The van der Waals surface area contributed by atoms with Crippen molar-refractivity contribution in [3.63, 3.8) is 0 Å². The number of sulfonamides is 1. The maximum Gasteiger partial charge on any atom is 0.262 e. The molecule has 0 bridgehead atoms. The lowest BCUT2D eigenvalue weighted by Crippen LogP contribution is -2.30. The van der Waals surface area contributed by atoms with E-state index in [0.29, 0.717) is 24.5 Å². The van der Waals surface area contributed by atoms with Crippen LogP contribution in [0.15, 0.2) is 52.4 Å². The van der Waals surface area contributed by atoms with Crippen LogP contribution in [-0.2, 0) is 34.1 Å². The maximum absolute atomic E-state index is 12.7. The first-order valence-electron chi connectivity index (χ1n) is 10.6. The zero-order valence-corrected chi connectivity index (χ0v) is 17.8. The number of aryl methyl sites for hydroxylation is 2. The van der Waals surface area contributed by atoms with Gasteiger partial charge < -0.3 is 5.32 Å². The lowest BCUT2D eigenvalue weighted by atomic mass is 10.0. The van der Waals surface area contributed by atoms with Gasteiger partial charge in [-0.05, 0) is 67.0 Å². The summed E-state index contributed by atoms with van der Waals surface area (Å²) in [6, 6.07) is 12.6. The van der Waals surface area contributed by atoms with E-state index in [1.165, 1.54) is 29.7 Å². The van der Waals surface area contributed by atoms with Crippen molar-refractivity contribution in [3.8, 4) is 0 Å². The van der Waals surface area contributed by atoms with E-state index in [1.807, 2.05) is 6.07 Å². The Kier molecular flexibility index (Phi) is 6.18. The van der Waals surface area contributed by atoms with E-state index in [1.54, 1.807) is 12.1 Å². The number of nitrogens with one attached hydrogen (secondary N) is 2. The quantitative estimate of drug-likeness (QED) is 0.767. The van der Waals surface area contributed by atoms with Crippen molar-refractivity contribution < 1.29 is 13.2 Å². The molecule has 0 saturated carbocycles. The van der Waals surface area contributed by atoms with E-state index >= 15 is 0 Å². The molecule has 2 N–H and O–H groups in total. The summed E-state index contributed by atoms with van der Waals surface area (Å²) in [7, 11) is -3.73. The predicted molar refractivity (Wildman–Crippen MR) is 118 cm³/mol. The van der Waals surface area contributed by atoms with E-state index in [9.17, 15) is 13.2 Å². The van der Waals surface area contributed by atoms with Crippen LogP contribution in [0.1, 0.15) is 48.8 Å². The molecule has 0 radical (unpaired) electrons. The van der Waals surface area contributed by atoms with Gasteiger partial charge in [-0.2, -0.15) is 0 Å². The van der Waals surface area contributed by atoms with Gasteiger partial charge in [-0.15, -0.1) is 0 Å². The van der Waals surface area contributed by atoms with Crippen molar-refractivity contribution in [2.75, 3.05) is 11.9 Å². The number of aliphatic imine (C=N–C) groups is 1.